The Balaban J connectivity index is 2.22. The molecule has 18 heavy (non-hydrogen) atoms. The second-order valence-corrected chi connectivity index (χ2v) is 6.04. The van der Waals surface area contributed by atoms with Gasteiger partial charge >= 0.3 is 0 Å². The minimum absolute atomic E-state index is 0.469. The lowest BCUT2D eigenvalue weighted by Crippen LogP contribution is -2.20. The molecule has 2 aromatic heterocycles. The van der Waals surface area contributed by atoms with Crippen molar-refractivity contribution < 1.29 is 0 Å². The molecule has 4 nitrogen and oxygen atoms in total. The molecule has 0 aliphatic carbocycles. The van der Waals surface area contributed by atoms with Gasteiger partial charge in [-0.1, -0.05) is 13.8 Å². The summed E-state index contributed by atoms with van der Waals surface area (Å²) in [5.74, 6) is 2.11. The number of fused-ring (bicyclic) bond motifs is 1. The fourth-order valence-electron chi connectivity index (χ4n) is 2.24. The van der Waals surface area contributed by atoms with Crippen molar-refractivity contribution in [3.05, 3.63) is 28.6 Å². The number of nitrogens with zero attached hydrogens (tertiary/aromatic N) is 3. The summed E-state index contributed by atoms with van der Waals surface area (Å²) in [6.07, 6.45) is 4.01. The van der Waals surface area contributed by atoms with E-state index < -0.39 is 0 Å². The first-order chi connectivity index (χ1) is 8.60. The Morgan fingerprint density at radius 3 is 2.78 bits per heavy atom. The van der Waals surface area contributed by atoms with E-state index in [2.05, 4.69) is 40.0 Å². The van der Waals surface area contributed by atoms with Crippen molar-refractivity contribution >= 4 is 21.6 Å². The summed E-state index contributed by atoms with van der Waals surface area (Å²) < 4.78 is 3.07. The highest BCUT2D eigenvalue weighted by atomic mass is 79.9. The number of rotatable bonds is 5. The van der Waals surface area contributed by atoms with Crippen LogP contribution in [0.15, 0.2) is 22.8 Å². The van der Waals surface area contributed by atoms with Crippen LogP contribution in [0.1, 0.15) is 26.1 Å². The van der Waals surface area contributed by atoms with Crippen LogP contribution in [-0.4, -0.2) is 21.1 Å². The summed E-state index contributed by atoms with van der Waals surface area (Å²) in [6.45, 7) is 5.14. The molecule has 1 unspecified atom stereocenters. The maximum Gasteiger partial charge on any atom is 0.160 e. The zero-order valence-electron chi connectivity index (χ0n) is 10.8. The van der Waals surface area contributed by atoms with Crippen molar-refractivity contribution in [2.45, 2.75) is 26.7 Å². The molecule has 0 fully saturated rings. The van der Waals surface area contributed by atoms with Gasteiger partial charge in [0.25, 0.3) is 0 Å². The fraction of sp³-hybridized carbons (Fsp3) is 0.538. The van der Waals surface area contributed by atoms with Gasteiger partial charge in [0.1, 0.15) is 5.82 Å². The van der Waals surface area contributed by atoms with Gasteiger partial charge < -0.3 is 5.73 Å². The summed E-state index contributed by atoms with van der Waals surface area (Å²) in [4.78, 5) is 0. The Hall–Kier alpha value is -0.940. The van der Waals surface area contributed by atoms with Crippen molar-refractivity contribution in [3.63, 3.8) is 0 Å². The molecule has 0 spiro atoms. The molecule has 0 radical (unpaired) electrons. The van der Waals surface area contributed by atoms with E-state index in [0.717, 1.165) is 28.8 Å². The lowest BCUT2D eigenvalue weighted by molar-refractivity contribution is 0.407. The van der Waals surface area contributed by atoms with E-state index in [-0.39, 0.29) is 0 Å². The monoisotopic (exact) mass is 310 g/mol. The lowest BCUT2D eigenvalue weighted by Gasteiger charge is -2.15. The number of nitrogens with two attached hydrogens (primary N) is 1. The van der Waals surface area contributed by atoms with Gasteiger partial charge in [-0.05, 0) is 52.9 Å². The molecule has 98 valence electrons. The van der Waals surface area contributed by atoms with E-state index in [0.29, 0.717) is 18.4 Å². The average molecular weight is 311 g/mol. The first kappa shape index (κ1) is 13.5. The molecule has 2 rings (SSSR count). The quantitative estimate of drug-likeness (QED) is 0.923. The maximum atomic E-state index is 5.84. The van der Waals surface area contributed by atoms with E-state index in [1.807, 2.05) is 22.7 Å². The van der Waals surface area contributed by atoms with Gasteiger partial charge in [-0.2, -0.15) is 0 Å². The molecule has 0 amide bonds. The predicted molar refractivity (Wildman–Crippen MR) is 76.4 cm³/mol. The molecule has 0 saturated heterocycles. The Labute approximate surface area is 116 Å². The molecule has 0 aromatic carbocycles. The smallest absolute Gasteiger partial charge is 0.160 e. The third kappa shape index (κ3) is 3.09. The highest BCUT2D eigenvalue weighted by molar-refractivity contribution is 9.10. The molecule has 2 heterocycles. The number of hydrogen-bond acceptors (Lipinski definition) is 3. The Morgan fingerprint density at radius 1 is 1.33 bits per heavy atom. The first-order valence-electron chi connectivity index (χ1n) is 6.29. The van der Waals surface area contributed by atoms with Crippen molar-refractivity contribution in [2.24, 2.45) is 17.6 Å². The first-order valence-corrected chi connectivity index (χ1v) is 7.08. The summed E-state index contributed by atoms with van der Waals surface area (Å²) in [5, 5.41) is 8.45. The van der Waals surface area contributed by atoms with E-state index in [1.165, 1.54) is 0 Å². The average Bonchev–Trinajstić information content (AvgIpc) is 2.70. The van der Waals surface area contributed by atoms with Crippen LogP contribution in [0.2, 0.25) is 0 Å². The summed E-state index contributed by atoms with van der Waals surface area (Å²) >= 11 is 3.47. The molecular formula is C13H19BrN4. The van der Waals surface area contributed by atoms with Crippen LogP contribution in [-0.2, 0) is 6.42 Å². The molecule has 0 aliphatic rings. The Morgan fingerprint density at radius 2 is 2.11 bits per heavy atom. The summed E-state index contributed by atoms with van der Waals surface area (Å²) in [6, 6.07) is 3.93. The molecule has 5 heteroatoms. The lowest BCUT2D eigenvalue weighted by atomic mass is 9.94. The number of hydrogen-bond donors (Lipinski definition) is 1. The molecule has 0 aliphatic heterocycles. The zero-order valence-corrected chi connectivity index (χ0v) is 12.4. The highest BCUT2D eigenvalue weighted by Gasteiger charge is 2.14. The van der Waals surface area contributed by atoms with E-state index >= 15 is 0 Å². The fourth-order valence-corrected chi connectivity index (χ4v) is 2.58. The molecule has 0 bridgehead atoms. The third-order valence-corrected chi connectivity index (χ3v) is 3.52. The largest absolute Gasteiger partial charge is 0.330 e. The second kappa shape index (κ2) is 5.80. The molecular weight excluding hydrogens is 292 g/mol. The second-order valence-electron chi connectivity index (χ2n) is 5.13. The van der Waals surface area contributed by atoms with Crippen molar-refractivity contribution in [1.82, 2.24) is 14.6 Å². The number of aromatic nitrogens is 3. The van der Waals surface area contributed by atoms with Crippen LogP contribution in [0, 0.1) is 11.8 Å². The summed E-state index contributed by atoms with van der Waals surface area (Å²) in [5.41, 5.74) is 6.73. The molecule has 0 saturated carbocycles. The van der Waals surface area contributed by atoms with Crippen LogP contribution in [0.5, 0.6) is 0 Å². The molecule has 2 aromatic rings. The van der Waals surface area contributed by atoms with Crippen molar-refractivity contribution in [2.75, 3.05) is 6.54 Å². The van der Waals surface area contributed by atoms with Crippen LogP contribution in [0.3, 0.4) is 0 Å². The number of halogens is 1. The summed E-state index contributed by atoms with van der Waals surface area (Å²) in [7, 11) is 0. The van der Waals surface area contributed by atoms with Gasteiger partial charge in [0, 0.05) is 17.1 Å². The van der Waals surface area contributed by atoms with Gasteiger partial charge in [-0.15, -0.1) is 10.2 Å². The van der Waals surface area contributed by atoms with E-state index in [9.17, 15) is 0 Å². The van der Waals surface area contributed by atoms with Crippen LogP contribution >= 0.6 is 15.9 Å². The van der Waals surface area contributed by atoms with Gasteiger partial charge in [0.2, 0.25) is 0 Å². The topological polar surface area (TPSA) is 56.2 Å². The van der Waals surface area contributed by atoms with Crippen LogP contribution < -0.4 is 5.73 Å². The van der Waals surface area contributed by atoms with Gasteiger partial charge in [0.15, 0.2) is 5.65 Å². The van der Waals surface area contributed by atoms with E-state index in [4.69, 9.17) is 5.73 Å². The third-order valence-electron chi connectivity index (χ3n) is 3.05. The maximum absolute atomic E-state index is 5.84. The predicted octanol–water partition coefficient (Wildman–Crippen LogP) is 2.66. The SMILES string of the molecule is CC(C)CC(CN)Cc1nnc2ccc(Br)cn12. The minimum Gasteiger partial charge on any atom is -0.330 e. The normalized spacial score (nSPS) is 13.4. The van der Waals surface area contributed by atoms with E-state index in [1.54, 1.807) is 0 Å². The van der Waals surface area contributed by atoms with Gasteiger partial charge in [0.05, 0.1) is 0 Å². The van der Waals surface area contributed by atoms with Gasteiger partial charge in [-0.25, -0.2) is 0 Å². The molecule has 1 atom stereocenters. The van der Waals surface area contributed by atoms with Crippen LogP contribution in [0.4, 0.5) is 0 Å². The standard InChI is InChI=1S/C13H19BrN4/c1-9(2)5-10(7-15)6-13-17-16-12-4-3-11(14)8-18(12)13/h3-4,8-10H,5-7,15H2,1-2H3. The number of pyridine rings is 1. The highest BCUT2D eigenvalue weighted by Crippen LogP contribution is 2.18. The Bertz CT molecular complexity index is 521. The van der Waals surface area contributed by atoms with Gasteiger partial charge in [-0.3, -0.25) is 4.40 Å². The van der Waals surface area contributed by atoms with Crippen molar-refractivity contribution in [3.8, 4) is 0 Å². The Kier molecular flexibility index (Phi) is 4.35. The van der Waals surface area contributed by atoms with Crippen molar-refractivity contribution in [1.29, 1.82) is 0 Å². The minimum atomic E-state index is 0.469. The molecule has 2 N–H and O–H groups in total. The van der Waals surface area contributed by atoms with Crippen LogP contribution in [0.25, 0.3) is 5.65 Å². The zero-order chi connectivity index (χ0) is 13.1.